The van der Waals surface area contributed by atoms with Gasteiger partial charge in [-0.3, -0.25) is 19.4 Å². The second kappa shape index (κ2) is 4.97. The molecular weight excluding hydrogens is 252 g/mol. The second-order valence-corrected chi connectivity index (χ2v) is 4.26. The van der Waals surface area contributed by atoms with Crippen LogP contribution in [0, 0.1) is 5.92 Å². The van der Waals surface area contributed by atoms with Gasteiger partial charge in [0.25, 0.3) is 11.5 Å². The van der Waals surface area contributed by atoms with Gasteiger partial charge in [-0.1, -0.05) is 12.2 Å². The van der Waals surface area contributed by atoms with Crippen molar-refractivity contribution < 1.29 is 19.8 Å². The van der Waals surface area contributed by atoms with Gasteiger partial charge >= 0.3 is 5.97 Å². The van der Waals surface area contributed by atoms with E-state index < -0.39 is 35.3 Å². The summed E-state index contributed by atoms with van der Waals surface area (Å²) >= 11 is 0. The molecule has 0 fully saturated rings. The normalized spacial score (nSPS) is 21.3. The molecule has 1 aliphatic rings. The lowest BCUT2D eigenvalue weighted by molar-refractivity contribution is -0.140. The van der Waals surface area contributed by atoms with Crippen LogP contribution < -0.4 is 10.9 Å². The molecule has 0 bridgehead atoms. The first-order valence-corrected chi connectivity index (χ1v) is 5.61. The zero-order chi connectivity index (χ0) is 14.0. The van der Waals surface area contributed by atoms with Crippen molar-refractivity contribution in [3.05, 3.63) is 40.2 Å². The molecule has 7 nitrogen and oxygen atoms in total. The number of hydrogen-bond acceptors (Lipinski definition) is 4. The number of amides is 1. The van der Waals surface area contributed by atoms with Gasteiger partial charge in [0.15, 0.2) is 5.88 Å². The van der Waals surface area contributed by atoms with E-state index in [0.29, 0.717) is 0 Å². The highest BCUT2D eigenvalue weighted by atomic mass is 16.4. The van der Waals surface area contributed by atoms with Crippen molar-refractivity contribution in [2.45, 2.75) is 12.5 Å². The van der Waals surface area contributed by atoms with Gasteiger partial charge in [-0.05, 0) is 6.42 Å². The van der Waals surface area contributed by atoms with E-state index in [0.717, 1.165) is 12.1 Å². The molecule has 0 radical (unpaired) electrons. The van der Waals surface area contributed by atoms with Crippen LogP contribution in [-0.2, 0) is 4.79 Å². The van der Waals surface area contributed by atoms with E-state index in [1.165, 1.54) is 6.08 Å². The standard InChI is InChI=1S/C12H12N2O5/c15-9-4-7(5-10(16)14-9)11(17)13-8-2-1-6(3-8)12(18)19/h1-2,4-6,8H,3H2,(H,13,17)(H,18,19)(H2,14,15,16). The molecule has 2 rings (SSSR count). The van der Waals surface area contributed by atoms with E-state index in [1.807, 2.05) is 0 Å². The van der Waals surface area contributed by atoms with Crippen molar-refractivity contribution in [3.8, 4) is 5.88 Å². The molecule has 19 heavy (non-hydrogen) atoms. The average Bonchev–Trinajstić information content (AvgIpc) is 2.76. The molecule has 0 aromatic carbocycles. The third kappa shape index (κ3) is 3.01. The molecule has 4 N–H and O–H groups in total. The Kier molecular flexibility index (Phi) is 3.37. The maximum absolute atomic E-state index is 11.8. The molecule has 0 saturated carbocycles. The van der Waals surface area contributed by atoms with Crippen molar-refractivity contribution >= 4 is 11.9 Å². The van der Waals surface area contributed by atoms with Crippen molar-refractivity contribution in [1.29, 1.82) is 0 Å². The van der Waals surface area contributed by atoms with Crippen molar-refractivity contribution in [2.75, 3.05) is 0 Å². The molecule has 0 aliphatic heterocycles. The third-order valence-electron chi connectivity index (χ3n) is 2.81. The van der Waals surface area contributed by atoms with Gasteiger partial charge in [-0.15, -0.1) is 0 Å². The molecule has 0 saturated heterocycles. The van der Waals surface area contributed by atoms with Gasteiger partial charge in [0, 0.05) is 18.2 Å². The van der Waals surface area contributed by atoms with Crippen LogP contribution in [-0.4, -0.2) is 33.1 Å². The number of H-pyrrole nitrogens is 1. The smallest absolute Gasteiger partial charge is 0.310 e. The predicted molar refractivity (Wildman–Crippen MR) is 64.9 cm³/mol. The number of pyridine rings is 1. The quantitative estimate of drug-likeness (QED) is 0.565. The van der Waals surface area contributed by atoms with Gasteiger partial charge in [0.1, 0.15) is 0 Å². The summed E-state index contributed by atoms with van der Waals surface area (Å²) in [5.74, 6) is -2.50. The highest BCUT2D eigenvalue weighted by Gasteiger charge is 2.25. The van der Waals surface area contributed by atoms with Crippen molar-refractivity contribution in [3.63, 3.8) is 0 Å². The van der Waals surface area contributed by atoms with E-state index in [1.54, 1.807) is 6.08 Å². The molecule has 7 heteroatoms. The Labute approximate surface area is 107 Å². The Morgan fingerprint density at radius 1 is 1.32 bits per heavy atom. The van der Waals surface area contributed by atoms with Crippen LogP contribution in [0.4, 0.5) is 0 Å². The Hall–Kier alpha value is -2.57. The minimum absolute atomic E-state index is 0.0217. The highest BCUT2D eigenvalue weighted by Crippen LogP contribution is 2.18. The van der Waals surface area contributed by atoms with Gasteiger partial charge in [0.05, 0.1) is 11.5 Å². The number of nitrogens with one attached hydrogen (secondary N) is 2. The lowest BCUT2D eigenvalue weighted by Crippen LogP contribution is -2.33. The van der Waals surface area contributed by atoms with E-state index in [-0.39, 0.29) is 12.0 Å². The molecule has 2 atom stereocenters. The maximum Gasteiger partial charge on any atom is 0.310 e. The van der Waals surface area contributed by atoms with Crippen molar-refractivity contribution in [1.82, 2.24) is 10.3 Å². The van der Waals surface area contributed by atoms with Crippen LogP contribution in [0.1, 0.15) is 16.8 Å². The van der Waals surface area contributed by atoms with Crippen molar-refractivity contribution in [2.24, 2.45) is 5.92 Å². The minimum Gasteiger partial charge on any atom is -0.494 e. The van der Waals surface area contributed by atoms with Crippen LogP contribution >= 0.6 is 0 Å². The zero-order valence-electron chi connectivity index (χ0n) is 9.79. The Balaban J connectivity index is 2.05. The number of carboxylic acid groups (broad SMARTS) is 1. The first-order valence-electron chi connectivity index (χ1n) is 5.61. The number of aromatic nitrogens is 1. The van der Waals surface area contributed by atoms with E-state index >= 15 is 0 Å². The fourth-order valence-electron chi connectivity index (χ4n) is 1.90. The summed E-state index contributed by atoms with van der Waals surface area (Å²) in [6.07, 6.45) is 3.39. The first-order chi connectivity index (χ1) is 8.95. The fraction of sp³-hybridized carbons (Fsp3) is 0.250. The summed E-state index contributed by atoms with van der Waals surface area (Å²) in [5.41, 5.74) is -0.566. The summed E-state index contributed by atoms with van der Waals surface area (Å²) in [5, 5.41) is 20.6. The van der Waals surface area contributed by atoms with Crippen LogP contribution in [0.3, 0.4) is 0 Å². The molecule has 2 unspecified atom stereocenters. The van der Waals surface area contributed by atoms with Crippen LogP contribution in [0.5, 0.6) is 5.88 Å². The molecule has 1 aromatic heterocycles. The largest absolute Gasteiger partial charge is 0.494 e. The van der Waals surface area contributed by atoms with Crippen LogP contribution in [0.15, 0.2) is 29.1 Å². The Bertz CT molecular complexity index is 604. The maximum atomic E-state index is 11.8. The summed E-state index contributed by atoms with van der Waals surface area (Å²) in [6, 6.07) is 1.79. The minimum atomic E-state index is -0.943. The monoisotopic (exact) mass is 264 g/mol. The molecule has 0 spiro atoms. The molecule has 1 aliphatic carbocycles. The number of aliphatic carboxylic acids is 1. The van der Waals surface area contributed by atoms with Crippen LogP contribution in [0.25, 0.3) is 0 Å². The van der Waals surface area contributed by atoms with E-state index in [9.17, 15) is 19.5 Å². The molecule has 1 aromatic rings. The zero-order valence-corrected chi connectivity index (χ0v) is 9.79. The third-order valence-corrected chi connectivity index (χ3v) is 2.81. The highest BCUT2D eigenvalue weighted by molar-refractivity contribution is 5.94. The topological polar surface area (TPSA) is 119 Å². The fourth-order valence-corrected chi connectivity index (χ4v) is 1.90. The second-order valence-electron chi connectivity index (χ2n) is 4.26. The number of aromatic amines is 1. The molecule has 1 heterocycles. The van der Waals surface area contributed by atoms with Gasteiger partial charge in [-0.25, -0.2) is 0 Å². The summed E-state index contributed by atoms with van der Waals surface area (Å²) in [6.45, 7) is 0. The summed E-state index contributed by atoms with van der Waals surface area (Å²) in [4.78, 5) is 35.8. The number of rotatable bonds is 3. The SMILES string of the molecule is O=C(NC1C=CC(C(=O)O)C1)c1cc(O)[nH]c(=O)c1. The Morgan fingerprint density at radius 2 is 2.05 bits per heavy atom. The van der Waals surface area contributed by atoms with E-state index in [4.69, 9.17) is 5.11 Å². The molecular formula is C12H12N2O5. The van der Waals surface area contributed by atoms with E-state index in [2.05, 4.69) is 10.3 Å². The number of carbonyl (C=O) groups excluding carboxylic acids is 1. The van der Waals surface area contributed by atoms with Gasteiger partial charge < -0.3 is 15.5 Å². The first kappa shape index (κ1) is 12.9. The van der Waals surface area contributed by atoms with Crippen LogP contribution in [0.2, 0.25) is 0 Å². The lowest BCUT2D eigenvalue weighted by Gasteiger charge is -2.12. The average molecular weight is 264 g/mol. The van der Waals surface area contributed by atoms with Gasteiger partial charge in [-0.2, -0.15) is 0 Å². The summed E-state index contributed by atoms with van der Waals surface area (Å²) in [7, 11) is 0. The summed E-state index contributed by atoms with van der Waals surface area (Å²) < 4.78 is 0. The predicted octanol–water partition coefficient (Wildman–Crippen LogP) is -0.160. The van der Waals surface area contributed by atoms with Gasteiger partial charge in [0.2, 0.25) is 0 Å². The number of carboxylic acids is 1. The molecule has 1 amide bonds. The Morgan fingerprint density at radius 3 is 2.63 bits per heavy atom. The molecule has 100 valence electrons. The number of carbonyl (C=O) groups is 2. The number of aromatic hydroxyl groups is 1. The number of hydrogen-bond donors (Lipinski definition) is 4. The lowest BCUT2D eigenvalue weighted by atomic mass is 10.1.